The van der Waals surface area contributed by atoms with Crippen LogP contribution in [0.3, 0.4) is 0 Å². The van der Waals surface area contributed by atoms with Gasteiger partial charge in [0.2, 0.25) is 0 Å². The number of hydrogen-bond donors (Lipinski definition) is 3. The lowest BCUT2D eigenvalue weighted by Crippen LogP contribution is -2.16. The second-order valence-corrected chi connectivity index (χ2v) is 5.75. The summed E-state index contributed by atoms with van der Waals surface area (Å²) in [6, 6.07) is 3.74. The summed E-state index contributed by atoms with van der Waals surface area (Å²) in [7, 11) is 0. The average Bonchev–Trinajstić information content (AvgIpc) is 3.14. The summed E-state index contributed by atoms with van der Waals surface area (Å²) < 4.78 is 1.67. The number of pyridine rings is 1. The van der Waals surface area contributed by atoms with Crippen LogP contribution in [0.4, 0.5) is 0 Å². The third kappa shape index (κ3) is 2.46. The highest BCUT2D eigenvalue weighted by molar-refractivity contribution is 7.99. The predicted molar refractivity (Wildman–Crippen MR) is 75.2 cm³/mol. The van der Waals surface area contributed by atoms with Gasteiger partial charge in [-0.05, 0) is 43.7 Å². The van der Waals surface area contributed by atoms with Gasteiger partial charge in [0, 0.05) is 17.3 Å². The molecule has 0 amide bonds. The van der Waals surface area contributed by atoms with E-state index in [1.165, 1.54) is 11.8 Å². The Bertz CT molecular complexity index is 730. The minimum Gasteiger partial charge on any atom is -0.384 e. The van der Waals surface area contributed by atoms with Crippen molar-refractivity contribution >= 4 is 17.6 Å². The van der Waals surface area contributed by atoms with E-state index in [4.69, 9.17) is 11.1 Å². The molecule has 0 saturated heterocycles. The summed E-state index contributed by atoms with van der Waals surface area (Å²) >= 11 is 1.31. The monoisotopic (exact) mass is 290 g/mol. The van der Waals surface area contributed by atoms with E-state index >= 15 is 0 Å². The van der Waals surface area contributed by atoms with Gasteiger partial charge in [-0.25, -0.2) is 14.9 Å². The minimum atomic E-state index is -0.186. The van der Waals surface area contributed by atoms with Crippen molar-refractivity contribution < 1.29 is 0 Å². The maximum Gasteiger partial charge on any atom is 0.344 e. The molecular weight excluding hydrogens is 276 g/mol. The Labute approximate surface area is 119 Å². The first kappa shape index (κ1) is 12.9. The minimum absolute atomic E-state index is 0.000962. The second kappa shape index (κ2) is 4.78. The molecule has 4 N–H and O–H groups in total. The molecule has 1 fully saturated rings. The molecule has 0 radical (unpaired) electrons. The summed E-state index contributed by atoms with van der Waals surface area (Å²) in [6.07, 6.45) is 2.01. The lowest BCUT2D eigenvalue weighted by Gasteiger charge is -2.06. The van der Waals surface area contributed by atoms with E-state index in [2.05, 4.69) is 15.2 Å². The van der Waals surface area contributed by atoms with Crippen molar-refractivity contribution in [3.05, 3.63) is 33.9 Å². The highest BCUT2D eigenvalue weighted by Crippen LogP contribution is 2.37. The van der Waals surface area contributed by atoms with E-state index in [0.717, 1.165) is 18.5 Å². The number of amidine groups is 1. The van der Waals surface area contributed by atoms with Crippen molar-refractivity contribution in [1.29, 1.82) is 5.41 Å². The Morgan fingerprint density at radius 2 is 2.30 bits per heavy atom. The van der Waals surface area contributed by atoms with Crippen LogP contribution >= 0.6 is 11.8 Å². The van der Waals surface area contributed by atoms with E-state index in [0.29, 0.717) is 15.7 Å². The molecule has 7 nitrogen and oxygen atoms in total. The van der Waals surface area contributed by atoms with Gasteiger partial charge in [0.1, 0.15) is 10.9 Å². The Hall–Kier alpha value is -2.09. The molecule has 8 heteroatoms. The molecule has 20 heavy (non-hydrogen) atoms. The summed E-state index contributed by atoms with van der Waals surface area (Å²) in [5.74, 6) is -0.000962. The maximum atomic E-state index is 11.7. The Morgan fingerprint density at radius 3 is 2.95 bits per heavy atom. The molecule has 0 bridgehead atoms. The van der Waals surface area contributed by atoms with Crippen molar-refractivity contribution in [2.24, 2.45) is 5.73 Å². The van der Waals surface area contributed by atoms with E-state index in [-0.39, 0.29) is 17.6 Å². The van der Waals surface area contributed by atoms with Crippen LogP contribution in [0.25, 0.3) is 0 Å². The van der Waals surface area contributed by atoms with E-state index in [1.807, 2.05) is 6.92 Å². The smallest absolute Gasteiger partial charge is 0.344 e. The topological polar surface area (TPSA) is 113 Å². The molecule has 1 aliphatic rings. The number of aromatic nitrogens is 4. The number of rotatable bonds is 4. The maximum absolute atomic E-state index is 11.7. The lowest BCUT2D eigenvalue weighted by molar-refractivity contribution is 0.642. The lowest BCUT2D eigenvalue weighted by atomic mass is 10.2. The SMILES string of the molecule is Cc1cc(C(=N)N)cc(Sc2n[nH]c(=O)n2C2CC2)n1. The number of aromatic amines is 1. The van der Waals surface area contributed by atoms with E-state index in [1.54, 1.807) is 16.7 Å². The molecule has 0 aromatic carbocycles. The van der Waals surface area contributed by atoms with Crippen LogP contribution in [0.15, 0.2) is 27.1 Å². The fraction of sp³-hybridized carbons (Fsp3) is 0.333. The number of nitrogen functional groups attached to an aromatic ring is 1. The largest absolute Gasteiger partial charge is 0.384 e. The average molecular weight is 290 g/mol. The number of nitrogens with one attached hydrogen (secondary N) is 2. The molecule has 0 unspecified atom stereocenters. The zero-order valence-corrected chi connectivity index (χ0v) is 11.7. The van der Waals surface area contributed by atoms with Crippen LogP contribution in [-0.2, 0) is 0 Å². The van der Waals surface area contributed by atoms with Crippen LogP contribution in [-0.4, -0.2) is 25.6 Å². The molecule has 3 rings (SSSR count). The van der Waals surface area contributed by atoms with Crippen LogP contribution in [0.2, 0.25) is 0 Å². The molecule has 2 aromatic heterocycles. The number of H-pyrrole nitrogens is 1. The zero-order chi connectivity index (χ0) is 14.3. The fourth-order valence-corrected chi connectivity index (χ4v) is 2.94. The van der Waals surface area contributed by atoms with E-state index in [9.17, 15) is 4.79 Å². The van der Waals surface area contributed by atoms with Gasteiger partial charge in [-0.15, -0.1) is 5.10 Å². The predicted octanol–water partition coefficient (Wildman–Crippen LogP) is 1.04. The van der Waals surface area contributed by atoms with Crippen LogP contribution in [0.1, 0.15) is 30.1 Å². The van der Waals surface area contributed by atoms with Crippen LogP contribution in [0.5, 0.6) is 0 Å². The summed E-state index contributed by atoms with van der Waals surface area (Å²) in [5, 5.41) is 15.3. The summed E-state index contributed by atoms with van der Waals surface area (Å²) in [4.78, 5) is 16.1. The highest BCUT2D eigenvalue weighted by atomic mass is 32.2. The van der Waals surface area contributed by atoms with Gasteiger partial charge in [0.05, 0.1) is 0 Å². The van der Waals surface area contributed by atoms with Crippen molar-refractivity contribution in [2.45, 2.75) is 36.0 Å². The number of nitrogens with zero attached hydrogens (tertiary/aromatic N) is 3. The first-order chi connectivity index (χ1) is 9.54. The fourth-order valence-electron chi connectivity index (χ4n) is 1.96. The standard InChI is InChI=1S/C12H14N6OS/c1-6-4-7(10(13)14)5-9(15-6)20-12-17-16-11(19)18(12)8-2-3-8/h4-5,8H,2-3H2,1H3,(H3,13,14)(H,16,19). The first-order valence-electron chi connectivity index (χ1n) is 6.22. The number of hydrogen-bond acceptors (Lipinski definition) is 5. The molecule has 2 heterocycles. The number of nitrogens with two attached hydrogens (primary N) is 1. The normalized spacial score (nSPS) is 14.4. The van der Waals surface area contributed by atoms with Crippen molar-refractivity contribution in [3.63, 3.8) is 0 Å². The highest BCUT2D eigenvalue weighted by Gasteiger charge is 2.28. The third-order valence-corrected chi connectivity index (χ3v) is 3.91. The molecule has 1 aliphatic carbocycles. The van der Waals surface area contributed by atoms with Gasteiger partial charge in [-0.2, -0.15) is 0 Å². The number of aryl methyl sites for hydroxylation is 1. The molecular formula is C12H14N6OS. The second-order valence-electron chi connectivity index (χ2n) is 4.76. The molecule has 2 aromatic rings. The van der Waals surface area contributed by atoms with E-state index < -0.39 is 0 Å². The van der Waals surface area contributed by atoms with Crippen LogP contribution < -0.4 is 11.4 Å². The molecule has 104 valence electrons. The summed E-state index contributed by atoms with van der Waals surface area (Å²) in [6.45, 7) is 1.84. The third-order valence-electron chi connectivity index (χ3n) is 3.02. The molecule has 1 saturated carbocycles. The first-order valence-corrected chi connectivity index (χ1v) is 7.04. The van der Waals surface area contributed by atoms with Gasteiger partial charge in [-0.3, -0.25) is 9.98 Å². The molecule has 0 aliphatic heterocycles. The van der Waals surface area contributed by atoms with Crippen molar-refractivity contribution in [3.8, 4) is 0 Å². The van der Waals surface area contributed by atoms with Gasteiger partial charge >= 0.3 is 5.69 Å². The Balaban J connectivity index is 1.95. The van der Waals surface area contributed by atoms with Gasteiger partial charge in [-0.1, -0.05) is 0 Å². The zero-order valence-electron chi connectivity index (χ0n) is 10.9. The quantitative estimate of drug-likeness (QED) is 0.575. The van der Waals surface area contributed by atoms with Gasteiger partial charge in [0.25, 0.3) is 0 Å². The van der Waals surface area contributed by atoms with Gasteiger partial charge in [0.15, 0.2) is 5.16 Å². The van der Waals surface area contributed by atoms with Crippen molar-refractivity contribution in [1.82, 2.24) is 19.7 Å². The van der Waals surface area contributed by atoms with Gasteiger partial charge < -0.3 is 5.73 Å². The van der Waals surface area contributed by atoms with Crippen molar-refractivity contribution in [2.75, 3.05) is 0 Å². The summed E-state index contributed by atoms with van der Waals surface area (Å²) in [5.41, 5.74) is 6.72. The molecule has 0 spiro atoms. The Morgan fingerprint density at radius 1 is 1.55 bits per heavy atom. The molecule has 0 atom stereocenters. The Kier molecular flexibility index (Phi) is 3.09. The van der Waals surface area contributed by atoms with Crippen LogP contribution in [0, 0.1) is 12.3 Å².